The summed E-state index contributed by atoms with van der Waals surface area (Å²) in [5.74, 6) is 0.147. The molecule has 0 aliphatic heterocycles. The summed E-state index contributed by atoms with van der Waals surface area (Å²) >= 11 is 0. The highest BCUT2D eigenvalue weighted by Gasteiger charge is 2.15. The molecule has 4 nitrogen and oxygen atoms in total. The molecule has 0 aromatic carbocycles. The molecule has 0 spiro atoms. The Morgan fingerprint density at radius 2 is 2.31 bits per heavy atom. The van der Waals surface area contributed by atoms with Gasteiger partial charge in [0.15, 0.2) is 5.76 Å². The Morgan fingerprint density at radius 3 is 2.88 bits per heavy atom. The van der Waals surface area contributed by atoms with Gasteiger partial charge in [-0.2, -0.15) is 0 Å². The molecule has 1 heterocycles. The van der Waals surface area contributed by atoms with Crippen molar-refractivity contribution < 1.29 is 14.3 Å². The molecule has 0 unspecified atom stereocenters. The molecule has 90 valence electrons. The van der Waals surface area contributed by atoms with Gasteiger partial charge in [-0.15, -0.1) is 0 Å². The van der Waals surface area contributed by atoms with Crippen LogP contribution in [0.1, 0.15) is 37.2 Å². The van der Waals surface area contributed by atoms with Gasteiger partial charge in [0, 0.05) is 13.2 Å². The SMILES string of the molecule is CC(C)(CO)CCCNC(=O)c1ccco1. The molecule has 2 N–H and O–H groups in total. The van der Waals surface area contributed by atoms with Gasteiger partial charge in [0.05, 0.1) is 6.26 Å². The monoisotopic (exact) mass is 225 g/mol. The Bertz CT molecular complexity index is 317. The normalized spacial score (nSPS) is 11.4. The number of amides is 1. The van der Waals surface area contributed by atoms with Crippen molar-refractivity contribution in [3.8, 4) is 0 Å². The Morgan fingerprint density at radius 1 is 1.56 bits per heavy atom. The van der Waals surface area contributed by atoms with E-state index in [0.717, 1.165) is 12.8 Å². The zero-order valence-electron chi connectivity index (χ0n) is 9.82. The van der Waals surface area contributed by atoms with Gasteiger partial charge in [-0.05, 0) is 30.4 Å². The Balaban J connectivity index is 2.19. The molecule has 0 aliphatic carbocycles. The Labute approximate surface area is 95.7 Å². The summed E-state index contributed by atoms with van der Waals surface area (Å²) < 4.78 is 4.96. The maximum absolute atomic E-state index is 11.4. The van der Waals surface area contributed by atoms with E-state index in [1.807, 2.05) is 13.8 Å². The number of furan rings is 1. The number of carbonyl (C=O) groups is 1. The van der Waals surface area contributed by atoms with Gasteiger partial charge in [-0.1, -0.05) is 13.8 Å². The largest absolute Gasteiger partial charge is 0.459 e. The second-order valence-electron chi connectivity index (χ2n) is 4.66. The Hall–Kier alpha value is -1.29. The van der Waals surface area contributed by atoms with E-state index in [1.165, 1.54) is 6.26 Å². The van der Waals surface area contributed by atoms with Gasteiger partial charge >= 0.3 is 0 Å². The summed E-state index contributed by atoms with van der Waals surface area (Å²) in [6.45, 7) is 4.77. The van der Waals surface area contributed by atoms with Gasteiger partial charge in [0.2, 0.25) is 0 Å². The van der Waals surface area contributed by atoms with Crippen molar-refractivity contribution in [2.24, 2.45) is 5.41 Å². The fraction of sp³-hybridized carbons (Fsp3) is 0.583. The molecule has 1 aromatic rings. The number of carbonyl (C=O) groups excluding carboxylic acids is 1. The van der Waals surface area contributed by atoms with Gasteiger partial charge in [-0.25, -0.2) is 0 Å². The van der Waals surface area contributed by atoms with Crippen molar-refractivity contribution in [1.29, 1.82) is 0 Å². The molecule has 1 amide bonds. The second-order valence-corrected chi connectivity index (χ2v) is 4.66. The molecule has 4 heteroatoms. The van der Waals surface area contributed by atoms with E-state index in [2.05, 4.69) is 5.32 Å². The third-order valence-corrected chi connectivity index (χ3v) is 2.49. The second kappa shape index (κ2) is 5.70. The number of aliphatic hydroxyl groups excluding tert-OH is 1. The van der Waals surface area contributed by atoms with Crippen LogP contribution >= 0.6 is 0 Å². The van der Waals surface area contributed by atoms with Crippen LogP contribution in [0, 0.1) is 5.41 Å². The van der Waals surface area contributed by atoms with Crippen LogP contribution in [0.15, 0.2) is 22.8 Å². The fourth-order valence-electron chi connectivity index (χ4n) is 1.34. The highest BCUT2D eigenvalue weighted by Crippen LogP contribution is 2.20. The van der Waals surface area contributed by atoms with Crippen molar-refractivity contribution >= 4 is 5.91 Å². The number of hydrogen-bond acceptors (Lipinski definition) is 3. The molecule has 16 heavy (non-hydrogen) atoms. The third-order valence-electron chi connectivity index (χ3n) is 2.49. The average Bonchev–Trinajstić information content (AvgIpc) is 2.77. The number of aliphatic hydroxyl groups is 1. The first kappa shape index (κ1) is 12.8. The van der Waals surface area contributed by atoms with Crippen LogP contribution in [0.25, 0.3) is 0 Å². The van der Waals surface area contributed by atoms with E-state index in [1.54, 1.807) is 12.1 Å². The van der Waals surface area contributed by atoms with Crippen LogP contribution in [0.3, 0.4) is 0 Å². The van der Waals surface area contributed by atoms with Crippen LogP contribution in [-0.4, -0.2) is 24.2 Å². The minimum absolute atomic E-state index is 0.0740. The van der Waals surface area contributed by atoms with Crippen LogP contribution in [0.5, 0.6) is 0 Å². The molecule has 0 saturated carbocycles. The van der Waals surface area contributed by atoms with Crippen LogP contribution in [0.2, 0.25) is 0 Å². The molecule has 0 saturated heterocycles. The zero-order valence-corrected chi connectivity index (χ0v) is 9.82. The van der Waals surface area contributed by atoms with E-state index < -0.39 is 0 Å². The van der Waals surface area contributed by atoms with Gasteiger partial charge in [-0.3, -0.25) is 4.79 Å². The molecular weight excluding hydrogens is 206 g/mol. The molecule has 0 atom stereocenters. The topological polar surface area (TPSA) is 62.5 Å². The number of hydrogen-bond donors (Lipinski definition) is 2. The molecule has 0 radical (unpaired) electrons. The summed E-state index contributed by atoms with van der Waals surface area (Å²) in [7, 11) is 0. The summed E-state index contributed by atoms with van der Waals surface area (Å²) in [4.78, 5) is 11.4. The lowest BCUT2D eigenvalue weighted by Crippen LogP contribution is -2.26. The molecule has 1 aromatic heterocycles. The molecular formula is C12H19NO3. The van der Waals surface area contributed by atoms with Crippen molar-refractivity contribution in [2.75, 3.05) is 13.2 Å². The van der Waals surface area contributed by atoms with Crippen LogP contribution < -0.4 is 5.32 Å². The number of rotatable bonds is 6. The van der Waals surface area contributed by atoms with E-state index in [-0.39, 0.29) is 17.9 Å². The summed E-state index contributed by atoms with van der Waals surface area (Å²) in [6.07, 6.45) is 3.20. The van der Waals surface area contributed by atoms with Gasteiger partial charge in [0.1, 0.15) is 0 Å². The first-order chi connectivity index (χ1) is 7.55. The summed E-state index contributed by atoms with van der Waals surface area (Å²) in [5.41, 5.74) is -0.0740. The Kier molecular flexibility index (Phi) is 4.55. The highest BCUT2D eigenvalue weighted by atomic mass is 16.3. The fourth-order valence-corrected chi connectivity index (χ4v) is 1.34. The van der Waals surface area contributed by atoms with Gasteiger partial charge in [0.25, 0.3) is 5.91 Å². The standard InChI is InChI=1S/C12H19NO3/c1-12(2,9-14)6-4-7-13-11(15)10-5-3-8-16-10/h3,5,8,14H,4,6-7,9H2,1-2H3,(H,13,15). The predicted octanol–water partition coefficient (Wildman–Crippen LogP) is 1.81. The zero-order chi connectivity index (χ0) is 12.0. The van der Waals surface area contributed by atoms with E-state index in [9.17, 15) is 4.79 Å². The molecule has 0 fully saturated rings. The van der Waals surface area contributed by atoms with E-state index >= 15 is 0 Å². The third kappa shape index (κ3) is 4.06. The average molecular weight is 225 g/mol. The minimum atomic E-state index is -0.188. The van der Waals surface area contributed by atoms with Crippen molar-refractivity contribution in [3.63, 3.8) is 0 Å². The minimum Gasteiger partial charge on any atom is -0.459 e. The van der Waals surface area contributed by atoms with Crippen molar-refractivity contribution in [2.45, 2.75) is 26.7 Å². The lowest BCUT2D eigenvalue weighted by atomic mass is 9.89. The predicted molar refractivity (Wildman–Crippen MR) is 61.1 cm³/mol. The maximum atomic E-state index is 11.4. The van der Waals surface area contributed by atoms with E-state index in [0.29, 0.717) is 12.3 Å². The lowest BCUT2D eigenvalue weighted by molar-refractivity contribution is 0.0921. The first-order valence-electron chi connectivity index (χ1n) is 5.48. The smallest absolute Gasteiger partial charge is 0.286 e. The quantitative estimate of drug-likeness (QED) is 0.726. The molecule has 0 bridgehead atoms. The molecule has 0 aliphatic rings. The van der Waals surface area contributed by atoms with Crippen LogP contribution in [-0.2, 0) is 0 Å². The maximum Gasteiger partial charge on any atom is 0.286 e. The lowest BCUT2D eigenvalue weighted by Gasteiger charge is -2.21. The number of nitrogens with one attached hydrogen (secondary N) is 1. The summed E-state index contributed by atoms with van der Waals surface area (Å²) in [6, 6.07) is 3.32. The summed E-state index contributed by atoms with van der Waals surface area (Å²) in [5, 5.41) is 11.8. The van der Waals surface area contributed by atoms with Crippen LogP contribution in [0.4, 0.5) is 0 Å². The van der Waals surface area contributed by atoms with Gasteiger partial charge < -0.3 is 14.8 Å². The van der Waals surface area contributed by atoms with Crippen molar-refractivity contribution in [3.05, 3.63) is 24.2 Å². The molecule has 1 rings (SSSR count). The van der Waals surface area contributed by atoms with E-state index in [4.69, 9.17) is 9.52 Å². The first-order valence-corrected chi connectivity index (χ1v) is 5.48. The van der Waals surface area contributed by atoms with Crippen molar-refractivity contribution in [1.82, 2.24) is 5.32 Å². The highest BCUT2D eigenvalue weighted by molar-refractivity contribution is 5.91.